The summed E-state index contributed by atoms with van der Waals surface area (Å²) in [6, 6.07) is 1.16. The Hall–Kier alpha value is -0.120. The molecule has 4 rings (SSSR count). The molecular weight excluding hydrogens is 212 g/mol. The summed E-state index contributed by atoms with van der Waals surface area (Å²) in [6.45, 7) is 2.09. The predicted octanol–water partition coefficient (Wildman–Crippen LogP) is 0.556. The van der Waals surface area contributed by atoms with Crippen LogP contribution in [0.4, 0.5) is 0 Å². The van der Waals surface area contributed by atoms with Gasteiger partial charge < -0.3 is 15.6 Å². The zero-order valence-corrected chi connectivity index (χ0v) is 10.5. The SMILES string of the molecule is [O-][NH+]1CCC2CCNC3C4CCCCC4C1C23. The highest BCUT2D eigenvalue weighted by molar-refractivity contribution is 5.07. The Labute approximate surface area is 104 Å². The summed E-state index contributed by atoms with van der Waals surface area (Å²) in [5.74, 6) is 3.18. The number of nitrogens with one attached hydrogen (secondary N) is 2. The molecule has 0 spiro atoms. The molecule has 7 unspecified atom stereocenters. The molecule has 2 heterocycles. The monoisotopic (exact) mass is 236 g/mol. The van der Waals surface area contributed by atoms with E-state index < -0.39 is 0 Å². The van der Waals surface area contributed by atoms with E-state index in [-0.39, 0.29) is 0 Å². The predicted molar refractivity (Wildman–Crippen MR) is 66.4 cm³/mol. The fraction of sp³-hybridized carbons (Fsp3) is 1.00. The van der Waals surface area contributed by atoms with E-state index in [1.54, 1.807) is 0 Å². The maximum absolute atomic E-state index is 12.3. The Morgan fingerprint density at radius 2 is 1.82 bits per heavy atom. The zero-order valence-electron chi connectivity index (χ0n) is 10.5. The summed E-state index contributed by atoms with van der Waals surface area (Å²) in [4.78, 5) is 0. The first-order chi connectivity index (χ1) is 8.36. The lowest BCUT2D eigenvalue weighted by molar-refractivity contribution is -0.891. The van der Waals surface area contributed by atoms with Crippen LogP contribution in [0.3, 0.4) is 0 Å². The minimum Gasteiger partial charge on any atom is -0.634 e. The molecule has 2 saturated heterocycles. The molecule has 2 saturated carbocycles. The highest BCUT2D eigenvalue weighted by atomic mass is 16.5. The van der Waals surface area contributed by atoms with E-state index in [1.807, 2.05) is 0 Å². The second-order valence-corrected chi connectivity index (χ2v) is 6.75. The van der Waals surface area contributed by atoms with Gasteiger partial charge in [-0.3, -0.25) is 0 Å². The lowest BCUT2D eigenvalue weighted by Gasteiger charge is -2.47. The van der Waals surface area contributed by atoms with Crippen LogP contribution in [0.1, 0.15) is 38.5 Å². The van der Waals surface area contributed by atoms with Gasteiger partial charge in [-0.25, -0.2) is 0 Å². The average molecular weight is 236 g/mol. The van der Waals surface area contributed by atoms with Crippen LogP contribution in [0.25, 0.3) is 0 Å². The summed E-state index contributed by atoms with van der Waals surface area (Å²) in [5, 5.41) is 16.7. The molecule has 0 aromatic carbocycles. The lowest BCUT2D eigenvalue weighted by Crippen LogP contribution is -3.14. The van der Waals surface area contributed by atoms with Crippen LogP contribution >= 0.6 is 0 Å². The van der Waals surface area contributed by atoms with Gasteiger partial charge in [0, 0.05) is 24.3 Å². The molecule has 0 aromatic rings. The summed E-state index contributed by atoms with van der Waals surface area (Å²) >= 11 is 0. The Morgan fingerprint density at radius 3 is 2.71 bits per heavy atom. The summed E-state index contributed by atoms with van der Waals surface area (Å²) in [7, 11) is 0. The minimum atomic E-state index is 0.455. The van der Waals surface area contributed by atoms with Crippen molar-refractivity contribution in [1.29, 1.82) is 0 Å². The van der Waals surface area contributed by atoms with Crippen LogP contribution in [0.5, 0.6) is 0 Å². The maximum atomic E-state index is 12.3. The van der Waals surface area contributed by atoms with Crippen molar-refractivity contribution in [1.82, 2.24) is 5.32 Å². The average Bonchev–Trinajstić information content (AvgIpc) is 2.71. The lowest BCUT2D eigenvalue weighted by atomic mass is 9.75. The van der Waals surface area contributed by atoms with E-state index >= 15 is 0 Å². The van der Waals surface area contributed by atoms with E-state index in [1.165, 1.54) is 45.1 Å². The second kappa shape index (κ2) is 3.94. The van der Waals surface area contributed by atoms with Gasteiger partial charge in [0.05, 0.1) is 12.6 Å². The van der Waals surface area contributed by atoms with Gasteiger partial charge in [-0.15, -0.1) is 0 Å². The van der Waals surface area contributed by atoms with Crippen LogP contribution in [0.2, 0.25) is 0 Å². The number of piperidine rings is 2. The summed E-state index contributed by atoms with van der Waals surface area (Å²) < 4.78 is 0. The molecule has 4 fully saturated rings. The molecule has 96 valence electrons. The first-order valence-electron chi connectivity index (χ1n) is 7.62. The highest BCUT2D eigenvalue weighted by Crippen LogP contribution is 2.50. The van der Waals surface area contributed by atoms with E-state index in [4.69, 9.17) is 0 Å². The third kappa shape index (κ3) is 1.45. The number of rotatable bonds is 0. The van der Waals surface area contributed by atoms with Gasteiger partial charge in [0.25, 0.3) is 0 Å². The van der Waals surface area contributed by atoms with Crippen LogP contribution < -0.4 is 10.4 Å². The Bertz CT molecular complexity index is 299. The number of quaternary nitrogens is 1. The minimum absolute atomic E-state index is 0.455. The van der Waals surface area contributed by atoms with Crippen LogP contribution in [0, 0.1) is 28.9 Å². The van der Waals surface area contributed by atoms with Gasteiger partial charge >= 0.3 is 0 Å². The fourth-order valence-electron chi connectivity index (χ4n) is 5.66. The normalized spacial score (nSPS) is 57.4. The molecule has 2 N–H and O–H groups in total. The van der Waals surface area contributed by atoms with Gasteiger partial charge in [0.15, 0.2) is 0 Å². The van der Waals surface area contributed by atoms with Gasteiger partial charge in [-0.2, -0.15) is 0 Å². The quantitative estimate of drug-likeness (QED) is 0.603. The maximum Gasteiger partial charge on any atom is 0.0949 e. The van der Waals surface area contributed by atoms with Gasteiger partial charge in [0.2, 0.25) is 0 Å². The van der Waals surface area contributed by atoms with Crippen molar-refractivity contribution in [2.24, 2.45) is 23.7 Å². The number of hydroxylamine groups is 2. The van der Waals surface area contributed by atoms with Gasteiger partial charge in [-0.1, -0.05) is 12.8 Å². The van der Waals surface area contributed by atoms with E-state index in [2.05, 4.69) is 5.32 Å². The van der Waals surface area contributed by atoms with Gasteiger partial charge in [0.1, 0.15) is 0 Å². The molecule has 2 aliphatic heterocycles. The Balaban J connectivity index is 1.70. The molecule has 2 aliphatic carbocycles. The molecule has 17 heavy (non-hydrogen) atoms. The Kier molecular flexibility index (Phi) is 2.50. The summed E-state index contributed by atoms with van der Waals surface area (Å²) in [5.41, 5.74) is 0. The standard InChI is InChI=1S/C14H24N2O/c17-16-8-6-9-5-7-15-13-10-3-1-2-4-11(10)14(16)12(9)13/h9-16H,1-8H2. The van der Waals surface area contributed by atoms with Crippen LogP contribution in [-0.2, 0) is 0 Å². The van der Waals surface area contributed by atoms with Crippen molar-refractivity contribution < 1.29 is 5.06 Å². The Morgan fingerprint density at radius 1 is 1.00 bits per heavy atom. The summed E-state index contributed by atoms with van der Waals surface area (Å²) in [6.07, 6.45) is 8.01. The van der Waals surface area contributed by atoms with Crippen molar-refractivity contribution >= 4 is 0 Å². The van der Waals surface area contributed by atoms with Crippen molar-refractivity contribution in [3.05, 3.63) is 5.21 Å². The number of hydrogen-bond donors (Lipinski definition) is 2. The second-order valence-electron chi connectivity index (χ2n) is 6.75. The molecule has 3 nitrogen and oxygen atoms in total. The molecule has 0 amide bonds. The van der Waals surface area contributed by atoms with E-state index in [0.717, 1.165) is 30.2 Å². The smallest absolute Gasteiger partial charge is 0.0949 e. The number of hydrogen-bond acceptors (Lipinski definition) is 2. The first-order valence-corrected chi connectivity index (χ1v) is 7.62. The molecule has 4 aliphatic rings. The molecule has 0 aromatic heterocycles. The largest absolute Gasteiger partial charge is 0.634 e. The molecular formula is C14H24N2O. The number of fused-ring (bicyclic) bond motifs is 3. The first kappa shape index (κ1) is 10.8. The van der Waals surface area contributed by atoms with Crippen molar-refractivity contribution in [2.75, 3.05) is 13.1 Å². The zero-order chi connectivity index (χ0) is 11.4. The third-order valence-corrected chi connectivity index (χ3v) is 6.20. The topological polar surface area (TPSA) is 39.5 Å². The van der Waals surface area contributed by atoms with Crippen LogP contribution in [0.15, 0.2) is 0 Å². The highest BCUT2D eigenvalue weighted by Gasteiger charge is 2.58. The van der Waals surface area contributed by atoms with Crippen LogP contribution in [-0.4, -0.2) is 25.2 Å². The molecule has 0 radical (unpaired) electrons. The van der Waals surface area contributed by atoms with E-state index in [0.29, 0.717) is 17.1 Å². The molecule has 0 bridgehead atoms. The fourth-order valence-corrected chi connectivity index (χ4v) is 5.66. The van der Waals surface area contributed by atoms with Crippen molar-refractivity contribution in [3.63, 3.8) is 0 Å². The molecule has 7 atom stereocenters. The third-order valence-electron chi connectivity index (χ3n) is 6.20. The molecule has 3 heteroatoms. The van der Waals surface area contributed by atoms with E-state index in [9.17, 15) is 5.21 Å². The van der Waals surface area contributed by atoms with Gasteiger partial charge in [-0.05, 0) is 37.6 Å². The van der Waals surface area contributed by atoms with Crippen molar-refractivity contribution in [2.45, 2.75) is 50.6 Å². The van der Waals surface area contributed by atoms with Crippen molar-refractivity contribution in [3.8, 4) is 0 Å².